The minimum atomic E-state index is -4.62. The summed E-state index contributed by atoms with van der Waals surface area (Å²) in [5.74, 6) is -2.34. The average Bonchev–Trinajstić information content (AvgIpc) is 2.89. The molecular weight excluding hydrogens is 349 g/mol. The molecular formula is C12H17F3N6O2S. The van der Waals surface area contributed by atoms with E-state index in [2.05, 4.69) is 20.7 Å². The molecule has 2 rings (SSSR count). The molecule has 1 aromatic heterocycles. The third-order valence-electron chi connectivity index (χ3n) is 3.48. The highest BCUT2D eigenvalue weighted by Crippen LogP contribution is 2.31. The standard InChI is InChI=1S/C12H17F3N6O2S/c1-4-24(22,23)21-6-9(7(2)20-21)12(16)18-5-8(11(13,14)15)10(17-3)19-12/h5-6,17,19H,4,16H2,1-3H3. The molecule has 0 bridgehead atoms. The highest BCUT2D eigenvalue weighted by atomic mass is 32.2. The monoisotopic (exact) mass is 366 g/mol. The van der Waals surface area contributed by atoms with Crippen LogP contribution >= 0.6 is 0 Å². The van der Waals surface area contributed by atoms with Crippen molar-refractivity contribution in [2.45, 2.75) is 25.8 Å². The molecule has 24 heavy (non-hydrogen) atoms. The number of halogens is 3. The highest BCUT2D eigenvalue weighted by Gasteiger charge is 2.42. The van der Waals surface area contributed by atoms with Crippen LogP contribution in [0.15, 0.2) is 22.6 Å². The first-order valence-corrected chi connectivity index (χ1v) is 8.47. The van der Waals surface area contributed by atoms with E-state index in [9.17, 15) is 21.6 Å². The van der Waals surface area contributed by atoms with Gasteiger partial charge in [-0.1, -0.05) is 0 Å². The van der Waals surface area contributed by atoms with Gasteiger partial charge < -0.3 is 10.6 Å². The summed E-state index contributed by atoms with van der Waals surface area (Å²) in [6.45, 7) is 2.93. The SMILES string of the molecule is CCS(=O)(=O)n1cc(C2(N)N=CC(C(F)(F)F)=C(NC)N2)c(C)n1. The molecule has 1 aliphatic rings. The van der Waals surface area contributed by atoms with Crippen molar-refractivity contribution in [1.82, 2.24) is 19.8 Å². The maximum Gasteiger partial charge on any atom is 0.421 e. The predicted molar refractivity (Wildman–Crippen MR) is 81.5 cm³/mol. The number of aromatic nitrogens is 2. The van der Waals surface area contributed by atoms with Gasteiger partial charge in [-0.05, 0) is 13.8 Å². The Bertz CT molecular complexity index is 811. The molecule has 0 aromatic carbocycles. The second-order valence-corrected chi connectivity index (χ2v) is 7.20. The number of allylic oxidation sites excluding steroid dienone is 1. The van der Waals surface area contributed by atoms with Gasteiger partial charge >= 0.3 is 6.18 Å². The van der Waals surface area contributed by atoms with E-state index < -0.39 is 27.6 Å². The Labute approximate surface area is 136 Å². The Balaban J connectivity index is 2.49. The molecule has 1 aliphatic heterocycles. The summed E-state index contributed by atoms with van der Waals surface area (Å²) in [6.07, 6.45) is -2.88. The second kappa shape index (κ2) is 5.77. The summed E-state index contributed by atoms with van der Waals surface area (Å²) in [7, 11) is -2.36. The van der Waals surface area contributed by atoms with Gasteiger partial charge in [0.15, 0.2) is 0 Å². The summed E-state index contributed by atoms with van der Waals surface area (Å²) in [4.78, 5) is 3.74. The van der Waals surface area contributed by atoms with Crippen LogP contribution in [0.3, 0.4) is 0 Å². The molecule has 0 radical (unpaired) electrons. The third kappa shape index (κ3) is 3.11. The van der Waals surface area contributed by atoms with E-state index in [1.807, 2.05) is 0 Å². The molecule has 0 aliphatic carbocycles. The first kappa shape index (κ1) is 18.3. The van der Waals surface area contributed by atoms with Crippen molar-refractivity contribution in [1.29, 1.82) is 0 Å². The van der Waals surface area contributed by atoms with Crippen molar-refractivity contribution in [3.8, 4) is 0 Å². The van der Waals surface area contributed by atoms with E-state index in [-0.39, 0.29) is 22.8 Å². The topological polar surface area (TPSA) is 114 Å². The van der Waals surface area contributed by atoms with Gasteiger partial charge in [-0.2, -0.15) is 22.4 Å². The van der Waals surface area contributed by atoms with E-state index in [1.54, 1.807) is 0 Å². The molecule has 1 unspecified atom stereocenters. The van der Waals surface area contributed by atoms with Crippen molar-refractivity contribution in [2.24, 2.45) is 10.7 Å². The maximum atomic E-state index is 13.0. The van der Waals surface area contributed by atoms with Gasteiger partial charge in [0.2, 0.25) is 5.79 Å². The lowest BCUT2D eigenvalue weighted by Gasteiger charge is -2.32. The van der Waals surface area contributed by atoms with Crippen LogP contribution in [0.5, 0.6) is 0 Å². The molecule has 0 spiro atoms. The summed E-state index contributed by atoms with van der Waals surface area (Å²) in [6, 6.07) is 0. The quantitative estimate of drug-likeness (QED) is 0.698. The van der Waals surface area contributed by atoms with Crippen molar-refractivity contribution in [3.05, 3.63) is 28.8 Å². The smallest absolute Gasteiger partial charge is 0.374 e. The van der Waals surface area contributed by atoms with Gasteiger partial charge in [0.05, 0.1) is 23.2 Å². The minimum absolute atomic E-state index is 0.143. The molecule has 1 atom stereocenters. The number of aryl methyl sites for hydroxylation is 1. The van der Waals surface area contributed by atoms with Gasteiger partial charge in [0, 0.05) is 13.3 Å². The van der Waals surface area contributed by atoms with Gasteiger partial charge in [0.1, 0.15) is 11.4 Å². The van der Waals surface area contributed by atoms with Crippen LogP contribution in [-0.2, 0) is 15.8 Å². The third-order valence-corrected chi connectivity index (χ3v) is 4.96. The summed E-state index contributed by atoms with van der Waals surface area (Å²) in [5.41, 5.74) is 5.41. The molecule has 0 fully saturated rings. The molecule has 134 valence electrons. The molecule has 0 saturated heterocycles. The molecule has 0 saturated carbocycles. The van der Waals surface area contributed by atoms with Crippen LogP contribution in [0.2, 0.25) is 0 Å². The van der Waals surface area contributed by atoms with Crippen LogP contribution in [0, 0.1) is 6.92 Å². The zero-order valence-electron chi connectivity index (χ0n) is 13.1. The molecule has 1 aromatic rings. The number of nitrogens with one attached hydrogen (secondary N) is 2. The average molecular weight is 366 g/mol. The normalized spacial score (nSPS) is 21.8. The van der Waals surface area contributed by atoms with Crippen LogP contribution in [0.1, 0.15) is 18.2 Å². The van der Waals surface area contributed by atoms with E-state index in [1.165, 1.54) is 20.9 Å². The number of nitrogens with two attached hydrogens (primary N) is 1. The first-order chi connectivity index (χ1) is 10.9. The van der Waals surface area contributed by atoms with E-state index in [4.69, 9.17) is 5.73 Å². The van der Waals surface area contributed by atoms with Crippen molar-refractivity contribution in [2.75, 3.05) is 12.8 Å². The van der Waals surface area contributed by atoms with Crippen molar-refractivity contribution in [3.63, 3.8) is 0 Å². The molecule has 4 N–H and O–H groups in total. The summed E-state index contributed by atoms with van der Waals surface area (Å²) < 4.78 is 63.4. The largest absolute Gasteiger partial charge is 0.421 e. The fourth-order valence-electron chi connectivity index (χ4n) is 2.15. The van der Waals surface area contributed by atoms with Gasteiger partial charge in [0.25, 0.3) is 10.0 Å². The van der Waals surface area contributed by atoms with Crippen molar-refractivity contribution < 1.29 is 21.6 Å². The minimum Gasteiger partial charge on any atom is -0.374 e. The zero-order chi connectivity index (χ0) is 18.3. The molecule has 0 amide bonds. The van der Waals surface area contributed by atoms with E-state index >= 15 is 0 Å². The maximum absolute atomic E-state index is 13.0. The Morgan fingerprint density at radius 2 is 2.08 bits per heavy atom. The Morgan fingerprint density at radius 1 is 1.46 bits per heavy atom. The zero-order valence-corrected chi connectivity index (χ0v) is 14.0. The van der Waals surface area contributed by atoms with Crippen LogP contribution in [-0.4, -0.2) is 42.8 Å². The first-order valence-electron chi connectivity index (χ1n) is 6.86. The molecule has 12 heteroatoms. The predicted octanol–water partition coefficient (Wildman–Crippen LogP) is 0.126. The Kier molecular flexibility index (Phi) is 4.39. The van der Waals surface area contributed by atoms with Crippen LogP contribution in [0.4, 0.5) is 13.2 Å². The van der Waals surface area contributed by atoms with Crippen LogP contribution < -0.4 is 16.4 Å². The number of rotatable bonds is 4. The lowest BCUT2D eigenvalue weighted by Crippen LogP contribution is -2.54. The fourth-order valence-corrected chi connectivity index (χ4v) is 2.93. The van der Waals surface area contributed by atoms with E-state index in [0.717, 1.165) is 10.3 Å². The Hall–Kier alpha value is -2.08. The fraction of sp³-hybridized carbons (Fsp3) is 0.500. The van der Waals surface area contributed by atoms with E-state index in [0.29, 0.717) is 6.21 Å². The van der Waals surface area contributed by atoms with Gasteiger partial charge in [-0.3, -0.25) is 5.73 Å². The number of aliphatic imine (C=N–C) groups is 1. The van der Waals surface area contributed by atoms with Crippen molar-refractivity contribution >= 4 is 16.2 Å². The summed E-state index contributed by atoms with van der Waals surface area (Å²) in [5, 5.41) is 8.71. The number of hydrogen-bond donors (Lipinski definition) is 3. The molecule has 8 nitrogen and oxygen atoms in total. The Morgan fingerprint density at radius 3 is 2.58 bits per heavy atom. The highest BCUT2D eigenvalue weighted by molar-refractivity contribution is 7.89. The lowest BCUT2D eigenvalue weighted by atomic mass is 10.1. The second-order valence-electron chi connectivity index (χ2n) is 5.09. The van der Waals surface area contributed by atoms with Crippen LogP contribution in [0.25, 0.3) is 0 Å². The lowest BCUT2D eigenvalue weighted by molar-refractivity contribution is -0.0875. The number of alkyl halides is 3. The number of nitrogens with zero attached hydrogens (tertiary/aromatic N) is 3. The number of hydrogen-bond acceptors (Lipinski definition) is 7. The summed E-state index contributed by atoms with van der Waals surface area (Å²) >= 11 is 0. The van der Waals surface area contributed by atoms with Gasteiger partial charge in [-0.25, -0.2) is 13.4 Å². The molecule has 2 heterocycles. The van der Waals surface area contributed by atoms with Gasteiger partial charge in [-0.15, -0.1) is 0 Å².